The first kappa shape index (κ1) is 15.3. The van der Waals surface area contributed by atoms with Crippen LogP contribution in [0.15, 0.2) is 72.1 Å². The Morgan fingerprint density at radius 3 is 2.35 bits per heavy atom. The number of carbonyl (C=O) groups excluding carboxylic acids is 1. The summed E-state index contributed by atoms with van der Waals surface area (Å²) >= 11 is 1.63. The maximum Gasteiger partial charge on any atom is 0.320 e. The normalized spacial score (nSPS) is 11.7. The van der Waals surface area contributed by atoms with E-state index in [0.29, 0.717) is 0 Å². The maximum atomic E-state index is 12.4. The van der Waals surface area contributed by atoms with Gasteiger partial charge in [-0.15, -0.1) is 11.3 Å². The van der Waals surface area contributed by atoms with Crippen molar-refractivity contribution in [2.24, 2.45) is 0 Å². The van der Waals surface area contributed by atoms with Crippen molar-refractivity contribution in [3.8, 4) is 0 Å². The van der Waals surface area contributed by atoms with E-state index in [2.05, 4.69) is 10.6 Å². The zero-order valence-electron chi connectivity index (χ0n) is 12.8. The molecule has 0 aliphatic heterocycles. The monoisotopic (exact) mass is 322 g/mol. The molecule has 1 unspecified atom stereocenters. The third-order valence-electron chi connectivity index (χ3n) is 3.55. The van der Waals surface area contributed by atoms with Crippen LogP contribution >= 0.6 is 11.3 Å². The second kappa shape index (κ2) is 7.11. The lowest BCUT2D eigenvalue weighted by Gasteiger charge is -2.18. The summed E-state index contributed by atoms with van der Waals surface area (Å²) < 4.78 is 0. The molecule has 0 aliphatic carbocycles. The lowest BCUT2D eigenvalue weighted by atomic mass is 10.1. The topological polar surface area (TPSA) is 41.1 Å². The van der Waals surface area contributed by atoms with E-state index in [1.165, 1.54) is 0 Å². The molecule has 23 heavy (non-hydrogen) atoms. The average molecular weight is 322 g/mol. The van der Waals surface area contributed by atoms with Crippen molar-refractivity contribution in [2.75, 3.05) is 5.32 Å². The zero-order chi connectivity index (χ0) is 16.1. The molecule has 0 radical (unpaired) electrons. The Labute approximate surface area is 140 Å². The molecule has 3 aromatic rings. The number of aryl methyl sites for hydroxylation is 1. The standard InChI is InChI=1S/C19H18N2OS/c1-14-9-11-16(12-10-14)20-19(22)21-18(17-8-5-13-23-17)15-6-3-2-4-7-15/h2-13,18H,1H3,(H2,20,21,22). The summed E-state index contributed by atoms with van der Waals surface area (Å²) in [6, 6.07) is 21.4. The molecule has 1 aromatic heterocycles. The van der Waals surface area contributed by atoms with Crippen LogP contribution < -0.4 is 10.6 Å². The third-order valence-corrected chi connectivity index (χ3v) is 4.48. The van der Waals surface area contributed by atoms with Crippen molar-refractivity contribution in [1.82, 2.24) is 5.32 Å². The maximum absolute atomic E-state index is 12.4. The van der Waals surface area contributed by atoms with Gasteiger partial charge in [0.15, 0.2) is 0 Å². The highest BCUT2D eigenvalue weighted by Crippen LogP contribution is 2.26. The first-order valence-electron chi connectivity index (χ1n) is 7.45. The van der Waals surface area contributed by atoms with Crippen LogP contribution in [0.3, 0.4) is 0 Å². The molecular weight excluding hydrogens is 304 g/mol. The Morgan fingerprint density at radius 2 is 1.70 bits per heavy atom. The molecule has 3 rings (SSSR count). The first-order chi connectivity index (χ1) is 11.2. The molecular formula is C19H18N2OS. The zero-order valence-corrected chi connectivity index (χ0v) is 13.6. The molecule has 2 aromatic carbocycles. The Morgan fingerprint density at radius 1 is 0.957 bits per heavy atom. The van der Waals surface area contributed by atoms with Crippen LogP contribution in [0.5, 0.6) is 0 Å². The van der Waals surface area contributed by atoms with Crippen molar-refractivity contribution in [2.45, 2.75) is 13.0 Å². The molecule has 3 nitrogen and oxygen atoms in total. The summed E-state index contributed by atoms with van der Waals surface area (Å²) in [6.07, 6.45) is 0. The van der Waals surface area contributed by atoms with Gasteiger partial charge in [0.1, 0.15) is 0 Å². The molecule has 2 amide bonds. The highest BCUT2D eigenvalue weighted by molar-refractivity contribution is 7.10. The van der Waals surface area contributed by atoms with Crippen molar-refractivity contribution in [3.63, 3.8) is 0 Å². The van der Waals surface area contributed by atoms with E-state index in [0.717, 1.165) is 21.7 Å². The van der Waals surface area contributed by atoms with Crippen LogP contribution in [0, 0.1) is 6.92 Å². The third kappa shape index (κ3) is 3.99. The molecule has 0 spiro atoms. The van der Waals surface area contributed by atoms with E-state index in [4.69, 9.17) is 0 Å². The smallest absolute Gasteiger partial charge is 0.320 e. The van der Waals surface area contributed by atoms with Crippen LogP contribution in [0.1, 0.15) is 22.0 Å². The Balaban J connectivity index is 1.76. The van der Waals surface area contributed by atoms with E-state index in [-0.39, 0.29) is 12.1 Å². The molecule has 0 saturated carbocycles. The van der Waals surface area contributed by atoms with Gasteiger partial charge in [-0.1, -0.05) is 54.1 Å². The van der Waals surface area contributed by atoms with Crippen molar-refractivity contribution >= 4 is 23.1 Å². The first-order valence-corrected chi connectivity index (χ1v) is 8.33. The second-order valence-corrected chi connectivity index (χ2v) is 6.30. The largest absolute Gasteiger partial charge is 0.326 e. The van der Waals surface area contributed by atoms with Crippen LogP contribution in [0.25, 0.3) is 0 Å². The summed E-state index contributed by atoms with van der Waals surface area (Å²) in [4.78, 5) is 13.5. The molecule has 1 heterocycles. The van der Waals surface area contributed by atoms with Gasteiger partial charge in [-0.25, -0.2) is 4.79 Å². The van der Waals surface area contributed by atoms with E-state index in [1.807, 2.05) is 79.0 Å². The molecule has 0 fully saturated rings. The van der Waals surface area contributed by atoms with Gasteiger partial charge in [0.25, 0.3) is 0 Å². The van der Waals surface area contributed by atoms with E-state index in [9.17, 15) is 4.79 Å². The number of urea groups is 1. The SMILES string of the molecule is Cc1ccc(NC(=O)NC(c2ccccc2)c2cccs2)cc1. The van der Waals surface area contributed by atoms with E-state index < -0.39 is 0 Å². The van der Waals surface area contributed by atoms with Gasteiger partial charge in [-0.05, 0) is 36.1 Å². The van der Waals surface area contributed by atoms with Crippen LogP contribution in [0.4, 0.5) is 10.5 Å². The van der Waals surface area contributed by atoms with E-state index in [1.54, 1.807) is 11.3 Å². The predicted octanol–water partition coefficient (Wildman–Crippen LogP) is 4.97. The van der Waals surface area contributed by atoms with Gasteiger partial charge in [-0.2, -0.15) is 0 Å². The van der Waals surface area contributed by atoms with Crippen molar-refractivity contribution in [1.29, 1.82) is 0 Å². The molecule has 0 bridgehead atoms. The van der Waals surface area contributed by atoms with Crippen molar-refractivity contribution in [3.05, 3.63) is 88.1 Å². The number of hydrogen-bond acceptors (Lipinski definition) is 2. The number of benzene rings is 2. The van der Waals surface area contributed by atoms with Gasteiger partial charge < -0.3 is 10.6 Å². The van der Waals surface area contributed by atoms with Gasteiger partial charge >= 0.3 is 6.03 Å². The summed E-state index contributed by atoms with van der Waals surface area (Å²) in [7, 11) is 0. The number of carbonyl (C=O) groups is 1. The van der Waals surface area contributed by atoms with Gasteiger partial charge in [0.2, 0.25) is 0 Å². The minimum absolute atomic E-state index is 0.151. The van der Waals surface area contributed by atoms with Gasteiger partial charge in [0, 0.05) is 10.6 Å². The summed E-state index contributed by atoms with van der Waals surface area (Å²) in [6.45, 7) is 2.02. The molecule has 2 N–H and O–H groups in total. The molecule has 116 valence electrons. The minimum atomic E-state index is -0.212. The lowest BCUT2D eigenvalue weighted by Crippen LogP contribution is -2.32. The fraction of sp³-hybridized carbons (Fsp3) is 0.105. The summed E-state index contributed by atoms with van der Waals surface area (Å²) in [5.74, 6) is 0. The minimum Gasteiger partial charge on any atom is -0.326 e. The second-order valence-electron chi connectivity index (χ2n) is 5.32. The quantitative estimate of drug-likeness (QED) is 0.700. The average Bonchev–Trinajstić information content (AvgIpc) is 3.10. The Kier molecular flexibility index (Phi) is 4.74. The van der Waals surface area contributed by atoms with Crippen LogP contribution in [0.2, 0.25) is 0 Å². The molecule has 1 atom stereocenters. The number of hydrogen-bond donors (Lipinski definition) is 2. The fourth-order valence-electron chi connectivity index (χ4n) is 2.35. The van der Waals surface area contributed by atoms with E-state index >= 15 is 0 Å². The van der Waals surface area contributed by atoms with Crippen LogP contribution in [-0.2, 0) is 0 Å². The fourth-order valence-corrected chi connectivity index (χ4v) is 3.16. The highest BCUT2D eigenvalue weighted by Gasteiger charge is 2.17. The molecule has 4 heteroatoms. The summed E-state index contributed by atoms with van der Waals surface area (Å²) in [5.41, 5.74) is 3.01. The van der Waals surface area contributed by atoms with Gasteiger partial charge in [-0.3, -0.25) is 0 Å². The number of nitrogens with one attached hydrogen (secondary N) is 2. The molecule has 0 aliphatic rings. The Bertz CT molecular complexity index is 752. The number of anilines is 1. The molecule has 0 saturated heterocycles. The number of rotatable bonds is 4. The van der Waals surface area contributed by atoms with Crippen LogP contribution in [-0.4, -0.2) is 6.03 Å². The van der Waals surface area contributed by atoms with Crippen molar-refractivity contribution < 1.29 is 4.79 Å². The van der Waals surface area contributed by atoms with Gasteiger partial charge in [0.05, 0.1) is 6.04 Å². The number of amides is 2. The Hall–Kier alpha value is -2.59. The number of thiophene rings is 1. The summed E-state index contributed by atoms with van der Waals surface area (Å²) in [5, 5.41) is 7.96. The highest BCUT2D eigenvalue weighted by atomic mass is 32.1. The predicted molar refractivity (Wildman–Crippen MR) is 95.9 cm³/mol. The lowest BCUT2D eigenvalue weighted by molar-refractivity contribution is 0.250.